The van der Waals surface area contributed by atoms with Crippen LogP contribution in [0, 0.1) is 0 Å². The second kappa shape index (κ2) is 13.1. The number of rotatable bonds is 8. The highest BCUT2D eigenvalue weighted by molar-refractivity contribution is 6.06. The van der Waals surface area contributed by atoms with Crippen molar-refractivity contribution < 1.29 is 23.9 Å². The van der Waals surface area contributed by atoms with E-state index < -0.39 is 11.5 Å². The smallest absolute Gasteiger partial charge is 0.330 e. The molecule has 2 saturated carbocycles. The van der Waals surface area contributed by atoms with Crippen LogP contribution < -0.4 is 15.4 Å². The second-order valence-electron chi connectivity index (χ2n) is 12.9. The van der Waals surface area contributed by atoms with Gasteiger partial charge < -0.3 is 24.7 Å². The molecular weight excluding hydrogens is 590 g/mol. The maximum Gasteiger partial charge on any atom is 0.330 e. The fraction of sp³-hybridized carbons (Fsp3) is 0.359. The van der Waals surface area contributed by atoms with Crippen molar-refractivity contribution in [2.75, 3.05) is 18.5 Å². The van der Waals surface area contributed by atoms with Crippen LogP contribution in [0.3, 0.4) is 0 Å². The van der Waals surface area contributed by atoms with Crippen molar-refractivity contribution in [1.29, 1.82) is 0 Å². The lowest BCUT2D eigenvalue weighted by Crippen LogP contribution is -2.61. The van der Waals surface area contributed by atoms with Gasteiger partial charge >= 0.3 is 5.97 Å². The van der Waals surface area contributed by atoms with E-state index in [4.69, 9.17) is 9.47 Å². The van der Waals surface area contributed by atoms with Gasteiger partial charge in [0.2, 0.25) is 5.91 Å². The third kappa shape index (κ3) is 6.04. The average molecular weight is 632 g/mol. The largest absolute Gasteiger partial charge is 0.491 e. The summed E-state index contributed by atoms with van der Waals surface area (Å²) < 4.78 is 13.5. The number of carbonyl (C=O) groups is 3. The van der Waals surface area contributed by atoms with Gasteiger partial charge in [-0.05, 0) is 98.5 Å². The van der Waals surface area contributed by atoms with Crippen LogP contribution in [-0.2, 0) is 20.9 Å². The molecule has 3 aliphatic rings. The Kier molecular flexibility index (Phi) is 8.58. The van der Waals surface area contributed by atoms with E-state index in [-0.39, 0.29) is 11.8 Å². The van der Waals surface area contributed by atoms with Crippen molar-refractivity contribution in [2.24, 2.45) is 0 Å². The molecule has 2 amide bonds. The highest BCUT2D eigenvalue weighted by Gasteiger charge is 2.45. The molecule has 1 aromatic heterocycles. The van der Waals surface area contributed by atoms with Crippen LogP contribution in [-0.4, -0.2) is 41.1 Å². The van der Waals surface area contributed by atoms with Gasteiger partial charge in [0, 0.05) is 33.8 Å². The summed E-state index contributed by atoms with van der Waals surface area (Å²) in [5, 5.41) is 7.32. The number of anilines is 1. The van der Waals surface area contributed by atoms with E-state index in [1.54, 1.807) is 25.1 Å². The first kappa shape index (κ1) is 30.8. The average Bonchev–Trinajstić information content (AvgIpc) is 3.27. The number of hydrogen-bond acceptors (Lipinski definition) is 5. The standard InChI is InChI=1S/C39H41N3O5/c1-2-46-34(43)20-15-26-13-17-29(18-14-26)40-38(45)39(21-8-22-39)41-37(44)28-16-19-30-32(25-28)42-23-24-47-33-12-7-6-11-31(33)36(42)35(30)27-9-4-3-5-10-27/h6-7,11-20,25,27H,2-5,8-10,21-24H2,1H3,(H,40,45)(H,41,44). The number of nitrogens with zero attached hydrogens (tertiary/aromatic N) is 1. The summed E-state index contributed by atoms with van der Waals surface area (Å²) in [6.45, 7) is 3.33. The van der Waals surface area contributed by atoms with Crippen LogP contribution in [0.1, 0.15) is 85.7 Å². The van der Waals surface area contributed by atoms with E-state index >= 15 is 0 Å². The zero-order chi connectivity index (χ0) is 32.4. The first-order chi connectivity index (χ1) is 23.0. The Bertz CT molecular complexity index is 1840. The molecule has 2 fully saturated rings. The number of benzene rings is 3. The molecule has 8 heteroatoms. The fourth-order valence-corrected chi connectivity index (χ4v) is 7.39. The fourth-order valence-electron chi connectivity index (χ4n) is 7.39. The topological polar surface area (TPSA) is 98.7 Å². The molecule has 1 aliphatic heterocycles. The van der Waals surface area contributed by atoms with E-state index in [9.17, 15) is 14.4 Å². The highest BCUT2D eigenvalue weighted by Crippen LogP contribution is 2.47. The molecule has 0 spiro atoms. The molecule has 0 bridgehead atoms. The van der Waals surface area contributed by atoms with E-state index in [1.165, 1.54) is 54.8 Å². The monoisotopic (exact) mass is 631 g/mol. The molecule has 2 aliphatic carbocycles. The number of nitrogens with one attached hydrogen (secondary N) is 2. The molecule has 2 N–H and O–H groups in total. The molecule has 2 heterocycles. The Balaban J connectivity index is 1.14. The van der Waals surface area contributed by atoms with Crippen molar-refractivity contribution in [2.45, 2.75) is 76.3 Å². The van der Waals surface area contributed by atoms with Gasteiger partial charge in [0.1, 0.15) is 17.9 Å². The van der Waals surface area contributed by atoms with Crippen LogP contribution >= 0.6 is 0 Å². The summed E-state index contributed by atoms with van der Waals surface area (Å²) in [6.07, 6.45) is 11.1. The number of aromatic nitrogens is 1. The van der Waals surface area contributed by atoms with Crippen LogP contribution in [0.25, 0.3) is 28.2 Å². The van der Waals surface area contributed by atoms with Crippen LogP contribution in [0.15, 0.2) is 72.8 Å². The lowest BCUT2D eigenvalue weighted by Gasteiger charge is -2.40. The Morgan fingerprint density at radius 1 is 0.979 bits per heavy atom. The summed E-state index contributed by atoms with van der Waals surface area (Å²) in [5.74, 6) is 0.505. The van der Waals surface area contributed by atoms with Crippen LogP contribution in [0.4, 0.5) is 5.69 Å². The predicted molar refractivity (Wildman–Crippen MR) is 183 cm³/mol. The Morgan fingerprint density at radius 3 is 2.51 bits per heavy atom. The van der Waals surface area contributed by atoms with Crippen LogP contribution in [0.2, 0.25) is 0 Å². The molecule has 0 atom stereocenters. The Morgan fingerprint density at radius 2 is 1.77 bits per heavy atom. The summed E-state index contributed by atoms with van der Waals surface area (Å²) in [4.78, 5) is 39.0. The van der Waals surface area contributed by atoms with Gasteiger partial charge in [-0.15, -0.1) is 0 Å². The highest BCUT2D eigenvalue weighted by atomic mass is 16.5. The van der Waals surface area contributed by atoms with Crippen molar-refractivity contribution in [3.63, 3.8) is 0 Å². The molecule has 0 unspecified atom stereocenters. The number of para-hydroxylation sites is 1. The van der Waals surface area contributed by atoms with E-state index in [0.29, 0.717) is 49.8 Å². The number of fused-ring (bicyclic) bond motifs is 5. The normalized spacial score (nSPS) is 17.1. The lowest BCUT2D eigenvalue weighted by atomic mass is 9.75. The zero-order valence-corrected chi connectivity index (χ0v) is 26.8. The first-order valence-corrected chi connectivity index (χ1v) is 16.9. The maximum atomic E-state index is 13.8. The van der Waals surface area contributed by atoms with Gasteiger partial charge in [-0.1, -0.05) is 49.6 Å². The van der Waals surface area contributed by atoms with Gasteiger partial charge in [0.25, 0.3) is 5.91 Å². The van der Waals surface area contributed by atoms with E-state index in [0.717, 1.165) is 28.8 Å². The second-order valence-corrected chi connectivity index (χ2v) is 12.9. The summed E-state index contributed by atoms with van der Waals surface area (Å²) in [7, 11) is 0. The molecule has 7 rings (SSSR count). The van der Waals surface area contributed by atoms with Gasteiger partial charge in [-0.25, -0.2) is 4.79 Å². The number of ether oxygens (including phenoxy) is 2. The summed E-state index contributed by atoms with van der Waals surface area (Å²) in [5.41, 5.74) is 5.76. The molecule has 3 aromatic carbocycles. The number of esters is 1. The van der Waals surface area contributed by atoms with Gasteiger partial charge in [-0.3, -0.25) is 9.59 Å². The zero-order valence-electron chi connectivity index (χ0n) is 26.8. The van der Waals surface area contributed by atoms with E-state index in [1.807, 2.05) is 36.4 Å². The number of carbonyl (C=O) groups excluding carboxylic acids is 3. The third-order valence-corrected chi connectivity index (χ3v) is 9.96. The van der Waals surface area contributed by atoms with Gasteiger partial charge in [0.05, 0.1) is 18.8 Å². The van der Waals surface area contributed by atoms with Crippen molar-refractivity contribution in [1.82, 2.24) is 9.88 Å². The number of amides is 2. The molecule has 8 nitrogen and oxygen atoms in total. The summed E-state index contributed by atoms with van der Waals surface area (Å²) >= 11 is 0. The molecule has 242 valence electrons. The van der Waals surface area contributed by atoms with Crippen molar-refractivity contribution >= 4 is 40.4 Å². The number of hydrogen-bond donors (Lipinski definition) is 2. The SMILES string of the molecule is CCOC(=O)C=Cc1ccc(NC(=O)C2(NC(=O)c3ccc4c(C5CCCCC5)c5n(c4c3)CCOc3ccccc3-5)CCC2)cc1. The lowest BCUT2D eigenvalue weighted by molar-refractivity contribution is -0.137. The minimum absolute atomic E-state index is 0.224. The molecule has 0 radical (unpaired) electrons. The Hall–Kier alpha value is -4.85. The van der Waals surface area contributed by atoms with Gasteiger partial charge in [-0.2, -0.15) is 0 Å². The maximum absolute atomic E-state index is 13.8. The molecule has 4 aromatic rings. The molecule has 0 saturated heterocycles. The molecule has 47 heavy (non-hydrogen) atoms. The minimum Gasteiger partial charge on any atom is -0.491 e. The van der Waals surface area contributed by atoms with Gasteiger partial charge in [0.15, 0.2) is 0 Å². The third-order valence-electron chi connectivity index (χ3n) is 9.96. The quantitative estimate of drug-likeness (QED) is 0.154. The minimum atomic E-state index is -0.968. The Labute approximate surface area is 275 Å². The predicted octanol–water partition coefficient (Wildman–Crippen LogP) is 7.62. The van der Waals surface area contributed by atoms with Crippen molar-refractivity contribution in [3.8, 4) is 17.0 Å². The summed E-state index contributed by atoms with van der Waals surface area (Å²) in [6, 6.07) is 21.5. The first-order valence-electron chi connectivity index (χ1n) is 16.9. The van der Waals surface area contributed by atoms with E-state index in [2.05, 4.69) is 33.4 Å². The van der Waals surface area contributed by atoms with Crippen molar-refractivity contribution in [3.05, 3.63) is 89.5 Å². The molecular formula is C39H41N3O5. The van der Waals surface area contributed by atoms with Crippen LogP contribution in [0.5, 0.6) is 5.75 Å².